The molecule has 0 saturated carbocycles. The normalized spacial score (nSPS) is 13.4. The maximum atomic E-state index is 12.5. The summed E-state index contributed by atoms with van der Waals surface area (Å²) in [5, 5.41) is 11.5. The Kier molecular flexibility index (Phi) is 5.21. The molecule has 0 saturated heterocycles. The number of aromatic nitrogens is 3. The molecule has 2 heterocycles. The summed E-state index contributed by atoms with van der Waals surface area (Å²) in [4.78, 5) is 12.5. The Hall–Kier alpha value is -3.00. The SMILES string of the molecule is Cc1ccccc1-n1cnnc1S[C@@H](C)C(=O)NCc1ccc2c(c1)OCO2. The van der Waals surface area contributed by atoms with Crippen LogP contribution in [0.25, 0.3) is 5.69 Å². The summed E-state index contributed by atoms with van der Waals surface area (Å²) in [7, 11) is 0. The summed E-state index contributed by atoms with van der Waals surface area (Å²) in [6, 6.07) is 13.7. The number of hydrogen-bond donors (Lipinski definition) is 1. The van der Waals surface area contributed by atoms with Gasteiger partial charge in [-0.15, -0.1) is 10.2 Å². The molecule has 0 fully saturated rings. The summed E-state index contributed by atoms with van der Waals surface area (Å²) < 4.78 is 12.6. The van der Waals surface area contributed by atoms with Gasteiger partial charge in [0.15, 0.2) is 16.7 Å². The van der Waals surface area contributed by atoms with Gasteiger partial charge in [0.25, 0.3) is 0 Å². The van der Waals surface area contributed by atoms with Crippen LogP contribution in [0.1, 0.15) is 18.1 Å². The van der Waals surface area contributed by atoms with Gasteiger partial charge in [-0.2, -0.15) is 0 Å². The number of amides is 1. The summed E-state index contributed by atoms with van der Waals surface area (Å²) in [5.74, 6) is 1.37. The molecule has 0 radical (unpaired) electrons. The molecule has 3 aromatic rings. The molecule has 0 aliphatic carbocycles. The molecule has 144 valence electrons. The number of benzene rings is 2. The van der Waals surface area contributed by atoms with Crippen LogP contribution in [-0.4, -0.2) is 32.7 Å². The first-order valence-corrected chi connectivity index (χ1v) is 9.78. The van der Waals surface area contributed by atoms with Crippen molar-refractivity contribution in [1.82, 2.24) is 20.1 Å². The lowest BCUT2D eigenvalue weighted by molar-refractivity contribution is -0.120. The highest BCUT2D eigenvalue weighted by atomic mass is 32.2. The second kappa shape index (κ2) is 7.93. The molecule has 0 bridgehead atoms. The van der Waals surface area contributed by atoms with Gasteiger partial charge >= 0.3 is 0 Å². The molecule has 1 aliphatic rings. The van der Waals surface area contributed by atoms with Gasteiger partial charge in [-0.1, -0.05) is 36.0 Å². The zero-order valence-electron chi connectivity index (χ0n) is 15.6. The average Bonchev–Trinajstić information content (AvgIpc) is 3.35. The molecule has 1 aromatic heterocycles. The van der Waals surface area contributed by atoms with E-state index in [2.05, 4.69) is 15.5 Å². The van der Waals surface area contributed by atoms with E-state index in [4.69, 9.17) is 9.47 Å². The first-order chi connectivity index (χ1) is 13.6. The predicted molar refractivity (Wildman–Crippen MR) is 106 cm³/mol. The number of nitrogens with one attached hydrogen (secondary N) is 1. The van der Waals surface area contributed by atoms with E-state index in [0.29, 0.717) is 17.5 Å². The number of nitrogens with zero attached hydrogens (tertiary/aromatic N) is 3. The summed E-state index contributed by atoms with van der Waals surface area (Å²) in [6.45, 7) is 4.55. The molecule has 0 unspecified atom stereocenters. The average molecular weight is 396 g/mol. The van der Waals surface area contributed by atoms with Gasteiger partial charge in [-0.05, 0) is 43.2 Å². The quantitative estimate of drug-likeness (QED) is 0.645. The fourth-order valence-electron chi connectivity index (χ4n) is 2.90. The number of rotatable bonds is 6. The van der Waals surface area contributed by atoms with Crippen molar-refractivity contribution in [2.45, 2.75) is 30.8 Å². The molecule has 1 N–H and O–H groups in total. The number of thioether (sulfide) groups is 1. The molecule has 0 spiro atoms. The molecular formula is C20H20N4O3S. The van der Waals surface area contributed by atoms with E-state index in [1.54, 1.807) is 6.33 Å². The lowest BCUT2D eigenvalue weighted by Gasteiger charge is -2.13. The highest BCUT2D eigenvalue weighted by Crippen LogP contribution is 2.32. The van der Waals surface area contributed by atoms with Crippen LogP contribution in [0.3, 0.4) is 0 Å². The third kappa shape index (κ3) is 3.82. The topological polar surface area (TPSA) is 78.3 Å². The van der Waals surface area contributed by atoms with Crippen molar-refractivity contribution in [3.63, 3.8) is 0 Å². The van der Waals surface area contributed by atoms with Crippen molar-refractivity contribution < 1.29 is 14.3 Å². The maximum absolute atomic E-state index is 12.5. The number of fused-ring (bicyclic) bond motifs is 1. The zero-order chi connectivity index (χ0) is 19.5. The number of para-hydroxylation sites is 1. The van der Waals surface area contributed by atoms with Crippen molar-refractivity contribution in [3.05, 3.63) is 59.9 Å². The van der Waals surface area contributed by atoms with Gasteiger partial charge in [-0.25, -0.2) is 0 Å². The summed E-state index contributed by atoms with van der Waals surface area (Å²) in [6.07, 6.45) is 1.67. The van der Waals surface area contributed by atoms with Crippen LogP contribution in [0.4, 0.5) is 0 Å². The van der Waals surface area contributed by atoms with Crippen LogP contribution in [0.2, 0.25) is 0 Å². The highest BCUT2D eigenvalue weighted by Gasteiger charge is 2.19. The van der Waals surface area contributed by atoms with E-state index in [9.17, 15) is 4.79 Å². The van der Waals surface area contributed by atoms with E-state index >= 15 is 0 Å². The minimum absolute atomic E-state index is 0.0676. The Labute approximate surface area is 167 Å². The Morgan fingerprint density at radius 1 is 1.25 bits per heavy atom. The predicted octanol–water partition coefficient (Wildman–Crippen LogP) is 3.10. The molecule has 1 amide bonds. The molecule has 4 rings (SSSR count). The standard InChI is InChI=1S/C20H20N4O3S/c1-13-5-3-4-6-16(13)24-11-22-23-20(24)28-14(2)19(25)21-10-15-7-8-17-18(9-15)27-12-26-17/h3-9,11,14H,10,12H2,1-2H3,(H,21,25)/t14-/m0/s1. The van der Waals surface area contributed by atoms with E-state index in [1.807, 2.05) is 60.9 Å². The first-order valence-electron chi connectivity index (χ1n) is 8.91. The number of ether oxygens (including phenoxy) is 2. The monoisotopic (exact) mass is 396 g/mol. The van der Waals surface area contributed by atoms with Crippen molar-refractivity contribution in [3.8, 4) is 17.2 Å². The number of hydrogen-bond acceptors (Lipinski definition) is 6. The van der Waals surface area contributed by atoms with E-state index in [1.165, 1.54) is 11.8 Å². The van der Waals surface area contributed by atoms with Gasteiger partial charge < -0.3 is 14.8 Å². The second-order valence-corrected chi connectivity index (χ2v) is 7.74. The number of aryl methyl sites for hydroxylation is 1. The molecular weight excluding hydrogens is 376 g/mol. The molecule has 8 heteroatoms. The van der Waals surface area contributed by atoms with Crippen LogP contribution in [-0.2, 0) is 11.3 Å². The van der Waals surface area contributed by atoms with Crippen LogP contribution in [0.5, 0.6) is 11.5 Å². The molecule has 1 atom stereocenters. The third-order valence-corrected chi connectivity index (χ3v) is 5.50. The van der Waals surface area contributed by atoms with Gasteiger partial charge in [-0.3, -0.25) is 9.36 Å². The van der Waals surface area contributed by atoms with E-state index in [-0.39, 0.29) is 18.0 Å². The molecule has 28 heavy (non-hydrogen) atoms. The van der Waals surface area contributed by atoms with Gasteiger partial charge in [0, 0.05) is 6.54 Å². The minimum atomic E-state index is -0.319. The van der Waals surface area contributed by atoms with Crippen molar-refractivity contribution in [1.29, 1.82) is 0 Å². The van der Waals surface area contributed by atoms with Crippen LogP contribution >= 0.6 is 11.8 Å². The molecule has 2 aromatic carbocycles. The van der Waals surface area contributed by atoms with E-state index in [0.717, 1.165) is 22.6 Å². The Morgan fingerprint density at radius 2 is 2.07 bits per heavy atom. The lowest BCUT2D eigenvalue weighted by Crippen LogP contribution is -2.30. The van der Waals surface area contributed by atoms with Gasteiger partial charge in [0.2, 0.25) is 12.7 Å². The highest BCUT2D eigenvalue weighted by molar-refractivity contribution is 8.00. The fraction of sp³-hybridized carbons (Fsp3) is 0.250. The van der Waals surface area contributed by atoms with Crippen molar-refractivity contribution in [2.24, 2.45) is 0 Å². The first kappa shape index (κ1) is 18.4. The Bertz CT molecular complexity index is 1000. The van der Waals surface area contributed by atoms with Crippen LogP contribution in [0, 0.1) is 6.92 Å². The molecule has 1 aliphatic heterocycles. The third-order valence-electron chi connectivity index (χ3n) is 4.45. The second-order valence-electron chi connectivity index (χ2n) is 6.44. The zero-order valence-corrected chi connectivity index (χ0v) is 16.4. The van der Waals surface area contributed by atoms with E-state index < -0.39 is 0 Å². The fourth-order valence-corrected chi connectivity index (χ4v) is 3.76. The van der Waals surface area contributed by atoms with Crippen molar-refractivity contribution in [2.75, 3.05) is 6.79 Å². The number of carbonyl (C=O) groups excluding carboxylic acids is 1. The smallest absolute Gasteiger partial charge is 0.233 e. The minimum Gasteiger partial charge on any atom is -0.454 e. The molecule has 7 nitrogen and oxygen atoms in total. The Balaban J connectivity index is 1.39. The van der Waals surface area contributed by atoms with Crippen LogP contribution < -0.4 is 14.8 Å². The van der Waals surface area contributed by atoms with Crippen LogP contribution in [0.15, 0.2) is 53.9 Å². The van der Waals surface area contributed by atoms with Gasteiger partial charge in [0.1, 0.15) is 6.33 Å². The van der Waals surface area contributed by atoms with Gasteiger partial charge in [0.05, 0.1) is 10.9 Å². The van der Waals surface area contributed by atoms with Crippen molar-refractivity contribution >= 4 is 17.7 Å². The number of carbonyl (C=O) groups is 1. The lowest BCUT2D eigenvalue weighted by atomic mass is 10.2. The maximum Gasteiger partial charge on any atom is 0.233 e. The summed E-state index contributed by atoms with van der Waals surface area (Å²) >= 11 is 1.38. The summed E-state index contributed by atoms with van der Waals surface area (Å²) in [5.41, 5.74) is 3.07. The Morgan fingerprint density at radius 3 is 2.93 bits per heavy atom. The largest absolute Gasteiger partial charge is 0.454 e.